The van der Waals surface area contributed by atoms with Gasteiger partial charge in [0.2, 0.25) is 0 Å². The van der Waals surface area contributed by atoms with Gasteiger partial charge < -0.3 is 9.47 Å². The first-order valence-corrected chi connectivity index (χ1v) is 20.1. The van der Waals surface area contributed by atoms with Crippen molar-refractivity contribution in [2.75, 3.05) is 4.90 Å². The van der Waals surface area contributed by atoms with Gasteiger partial charge in [-0.1, -0.05) is 123 Å². The van der Waals surface area contributed by atoms with Crippen LogP contribution in [-0.2, 0) is 16.2 Å². The van der Waals surface area contributed by atoms with Crippen LogP contribution >= 0.6 is 11.3 Å². The van der Waals surface area contributed by atoms with E-state index in [2.05, 4.69) is 211 Å². The number of rotatable bonds is 5. The Labute approximate surface area is 325 Å². The van der Waals surface area contributed by atoms with Gasteiger partial charge in [0, 0.05) is 43.3 Å². The normalized spacial score (nSPS) is 12.6. The molecule has 0 spiro atoms. The highest BCUT2D eigenvalue weighted by molar-refractivity contribution is 7.17. The summed E-state index contributed by atoms with van der Waals surface area (Å²) in [5, 5.41) is 6.20. The van der Waals surface area contributed by atoms with Crippen LogP contribution in [0, 0.1) is 6.92 Å². The Hall–Kier alpha value is -5.12. The Kier molecular flexibility index (Phi) is 8.66. The number of nitrogens with zero attached hydrogens (tertiary/aromatic N) is 2. The van der Waals surface area contributed by atoms with Gasteiger partial charge in [0.25, 0.3) is 0 Å². The van der Waals surface area contributed by atoms with E-state index in [9.17, 15) is 0 Å². The summed E-state index contributed by atoms with van der Waals surface area (Å²) in [6.45, 7) is 22.9. The van der Waals surface area contributed by atoms with Crippen molar-refractivity contribution in [1.82, 2.24) is 4.57 Å². The lowest BCUT2D eigenvalue weighted by Crippen LogP contribution is -2.13. The lowest BCUT2D eigenvalue weighted by Gasteiger charge is -2.27. The highest BCUT2D eigenvalue weighted by Crippen LogP contribution is 2.45. The molecule has 0 fully saturated rings. The summed E-state index contributed by atoms with van der Waals surface area (Å²) < 4.78 is 3.76. The lowest BCUT2D eigenvalue weighted by molar-refractivity contribution is 0.590. The van der Waals surface area contributed by atoms with Crippen LogP contribution in [0.2, 0.25) is 0 Å². The van der Waals surface area contributed by atoms with Gasteiger partial charge in [-0.25, -0.2) is 0 Å². The van der Waals surface area contributed by atoms with Crippen molar-refractivity contribution in [2.45, 2.75) is 85.5 Å². The minimum absolute atomic E-state index is 0.0491. The number of aryl methyl sites for hydroxylation is 1. The highest BCUT2D eigenvalue weighted by Gasteiger charge is 2.24. The topological polar surface area (TPSA) is 8.17 Å². The van der Waals surface area contributed by atoms with Crippen molar-refractivity contribution in [2.24, 2.45) is 0 Å². The first-order valence-electron chi connectivity index (χ1n) is 19.2. The molecule has 0 radical (unpaired) electrons. The van der Waals surface area contributed by atoms with Gasteiger partial charge in [-0.05, 0) is 123 Å². The van der Waals surface area contributed by atoms with Crippen LogP contribution < -0.4 is 4.90 Å². The maximum absolute atomic E-state index is 2.49. The molecule has 6 aromatic carbocycles. The SMILES string of the molecule is Cc1cc(N(c2ccc(C(C)(C)C)cc2)c2csc3ccc(-c4ccccc4)cc23)cc(-n2c3ccc(C(C)(C)C)cc3c3cc(C(C)(C)C)ccc32)c1. The third-order valence-corrected chi connectivity index (χ3v) is 11.9. The van der Waals surface area contributed by atoms with Gasteiger partial charge >= 0.3 is 0 Å². The molecular formula is C51H52N2S. The number of fused-ring (bicyclic) bond motifs is 4. The molecule has 0 saturated carbocycles. The number of hydrogen-bond acceptors (Lipinski definition) is 2. The van der Waals surface area contributed by atoms with Crippen LogP contribution in [0.5, 0.6) is 0 Å². The van der Waals surface area contributed by atoms with Crippen LogP contribution in [0.15, 0.2) is 133 Å². The second kappa shape index (κ2) is 13.0. The minimum Gasteiger partial charge on any atom is -0.309 e. The number of aromatic nitrogens is 1. The molecule has 2 nitrogen and oxygen atoms in total. The van der Waals surface area contributed by atoms with Crippen molar-refractivity contribution in [1.29, 1.82) is 0 Å². The summed E-state index contributed by atoms with van der Waals surface area (Å²) >= 11 is 1.81. The molecule has 3 heteroatoms. The van der Waals surface area contributed by atoms with Crippen LogP contribution in [0.3, 0.4) is 0 Å². The van der Waals surface area contributed by atoms with Crippen LogP contribution in [0.4, 0.5) is 17.1 Å². The molecule has 2 aromatic heterocycles. The zero-order valence-electron chi connectivity index (χ0n) is 33.5. The van der Waals surface area contributed by atoms with E-state index < -0.39 is 0 Å². The number of benzene rings is 6. The van der Waals surface area contributed by atoms with Crippen molar-refractivity contribution in [3.63, 3.8) is 0 Å². The number of thiophene rings is 1. The number of anilines is 3. The molecule has 0 amide bonds. The van der Waals surface area contributed by atoms with E-state index in [0.717, 1.165) is 17.1 Å². The van der Waals surface area contributed by atoms with Crippen LogP contribution in [0.25, 0.3) is 48.7 Å². The van der Waals surface area contributed by atoms with E-state index in [0.29, 0.717) is 0 Å². The van der Waals surface area contributed by atoms with Gasteiger partial charge in [-0.3, -0.25) is 0 Å². The third-order valence-electron chi connectivity index (χ3n) is 11.0. The molecule has 0 aliphatic heterocycles. The smallest absolute Gasteiger partial charge is 0.0647 e. The maximum atomic E-state index is 2.49. The predicted molar refractivity (Wildman–Crippen MR) is 237 cm³/mol. The first-order chi connectivity index (χ1) is 25.6. The maximum Gasteiger partial charge on any atom is 0.0647 e. The fraction of sp³-hybridized carbons (Fsp3) is 0.255. The first kappa shape index (κ1) is 35.9. The summed E-state index contributed by atoms with van der Waals surface area (Å²) in [5.41, 5.74) is 15.0. The molecule has 8 aromatic rings. The van der Waals surface area contributed by atoms with Gasteiger partial charge in [0.05, 0.1) is 16.7 Å². The largest absolute Gasteiger partial charge is 0.309 e. The Morgan fingerprint density at radius 1 is 0.481 bits per heavy atom. The van der Waals surface area contributed by atoms with Crippen molar-refractivity contribution >= 4 is 60.3 Å². The van der Waals surface area contributed by atoms with E-state index in [1.54, 1.807) is 0 Å². The summed E-state index contributed by atoms with van der Waals surface area (Å²) in [6.07, 6.45) is 0. The second-order valence-corrected chi connectivity index (χ2v) is 19.1. The minimum atomic E-state index is 0.0491. The Bertz CT molecular complexity index is 2580. The van der Waals surface area contributed by atoms with E-state index in [1.165, 1.54) is 71.0 Å². The molecular weight excluding hydrogens is 673 g/mol. The summed E-state index contributed by atoms with van der Waals surface area (Å²) in [5.74, 6) is 0. The van der Waals surface area contributed by atoms with E-state index >= 15 is 0 Å². The summed E-state index contributed by atoms with van der Waals surface area (Å²) in [7, 11) is 0. The Morgan fingerprint density at radius 3 is 1.63 bits per heavy atom. The highest BCUT2D eigenvalue weighted by atomic mass is 32.1. The average molecular weight is 725 g/mol. The van der Waals surface area contributed by atoms with E-state index in [-0.39, 0.29) is 16.2 Å². The molecule has 0 bridgehead atoms. The fourth-order valence-electron chi connectivity index (χ4n) is 7.77. The van der Waals surface area contributed by atoms with E-state index in [1.807, 2.05) is 11.3 Å². The van der Waals surface area contributed by atoms with Crippen molar-refractivity contribution < 1.29 is 0 Å². The molecule has 8 rings (SSSR count). The molecule has 54 heavy (non-hydrogen) atoms. The van der Waals surface area contributed by atoms with Gasteiger partial charge in [0.15, 0.2) is 0 Å². The Morgan fingerprint density at radius 2 is 1.06 bits per heavy atom. The number of hydrogen-bond donors (Lipinski definition) is 0. The summed E-state index contributed by atoms with van der Waals surface area (Å²) in [4.78, 5) is 2.47. The molecule has 0 aliphatic rings. The molecule has 2 heterocycles. The molecule has 0 atom stereocenters. The van der Waals surface area contributed by atoms with Gasteiger partial charge in [-0.15, -0.1) is 11.3 Å². The van der Waals surface area contributed by atoms with Gasteiger partial charge in [0.1, 0.15) is 0 Å². The van der Waals surface area contributed by atoms with Crippen LogP contribution in [-0.4, -0.2) is 4.57 Å². The average Bonchev–Trinajstić information content (AvgIpc) is 3.69. The van der Waals surface area contributed by atoms with Crippen LogP contribution in [0.1, 0.15) is 84.6 Å². The standard InChI is InChI=1S/C51H52N2S/c1-33-26-40(31-41(27-33)53-45-23-19-37(50(5,6)7)29-42(45)43-30-38(51(8,9)10)20-24-46(43)53)52(39-21-17-36(18-22-39)49(2,3)4)47-32-54-48-25-16-35(28-44(47)48)34-14-12-11-13-15-34/h11-32H,1-10H3. The molecule has 0 N–H and O–H groups in total. The lowest BCUT2D eigenvalue weighted by atomic mass is 9.85. The molecule has 0 unspecified atom stereocenters. The van der Waals surface area contributed by atoms with Crippen molar-refractivity contribution in [3.8, 4) is 16.8 Å². The zero-order valence-corrected chi connectivity index (χ0v) is 34.3. The fourth-order valence-corrected chi connectivity index (χ4v) is 8.68. The molecule has 0 saturated heterocycles. The summed E-state index contributed by atoms with van der Waals surface area (Å²) in [6, 6.07) is 48.1. The molecule has 0 aliphatic carbocycles. The Balaban J connectivity index is 1.37. The monoisotopic (exact) mass is 724 g/mol. The van der Waals surface area contributed by atoms with Gasteiger partial charge in [-0.2, -0.15) is 0 Å². The zero-order chi connectivity index (χ0) is 38.2. The molecule has 272 valence electrons. The van der Waals surface area contributed by atoms with E-state index in [4.69, 9.17) is 0 Å². The van der Waals surface area contributed by atoms with Crippen molar-refractivity contribution in [3.05, 3.63) is 155 Å². The second-order valence-electron chi connectivity index (χ2n) is 18.2. The quantitative estimate of drug-likeness (QED) is 0.172. The third kappa shape index (κ3) is 6.54. The predicted octanol–water partition coefficient (Wildman–Crippen LogP) is 15.3.